The zero-order valence-corrected chi connectivity index (χ0v) is 20.6. The molecule has 0 saturated carbocycles. The molecule has 0 aliphatic heterocycles. The van der Waals surface area contributed by atoms with Gasteiger partial charge in [-0.1, -0.05) is 141 Å². The molecule has 0 fully saturated rings. The second kappa shape index (κ2) is 27.5. The monoisotopic (exact) mass is 404 g/mol. The maximum atomic E-state index is 2.44. The van der Waals surface area contributed by atoms with E-state index in [0.29, 0.717) is 0 Å². The molecule has 0 saturated heterocycles. The van der Waals surface area contributed by atoms with Crippen LogP contribution >= 0.6 is 0 Å². The van der Waals surface area contributed by atoms with E-state index in [1.54, 1.807) is 0 Å². The van der Waals surface area contributed by atoms with Crippen LogP contribution in [0.5, 0.6) is 0 Å². The summed E-state index contributed by atoms with van der Waals surface area (Å²) < 4.78 is 0. The van der Waals surface area contributed by atoms with Crippen LogP contribution in [-0.4, -0.2) is 0 Å². The van der Waals surface area contributed by atoms with Crippen molar-refractivity contribution in [3.63, 3.8) is 0 Å². The molecule has 0 spiro atoms. The van der Waals surface area contributed by atoms with E-state index in [9.17, 15) is 0 Å². The SMILES string of the molecule is CCC=CCCCCCCCCCCCCCCCC=CCCCCCCCC. The van der Waals surface area contributed by atoms with Gasteiger partial charge in [-0.3, -0.25) is 0 Å². The van der Waals surface area contributed by atoms with Gasteiger partial charge in [-0.15, -0.1) is 0 Å². The largest absolute Gasteiger partial charge is 0.0888 e. The zero-order chi connectivity index (χ0) is 21.1. The topological polar surface area (TPSA) is 0 Å². The Bertz CT molecular complexity index is 325. The molecule has 0 bridgehead atoms. The summed E-state index contributed by atoms with van der Waals surface area (Å²) in [6.45, 7) is 4.51. The lowest BCUT2D eigenvalue weighted by molar-refractivity contribution is 0.538. The quantitative estimate of drug-likeness (QED) is 0.111. The maximum Gasteiger partial charge on any atom is -0.0351 e. The molecule has 0 amide bonds. The third kappa shape index (κ3) is 27.5. The average Bonchev–Trinajstić information content (AvgIpc) is 2.74. The van der Waals surface area contributed by atoms with Gasteiger partial charge in [0.15, 0.2) is 0 Å². The van der Waals surface area contributed by atoms with E-state index >= 15 is 0 Å². The average molecular weight is 405 g/mol. The van der Waals surface area contributed by atoms with Crippen LogP contribution in [0.3, 0.4) is 0 Å². The van der Waals surface area contributed by atoms with Crippen LogP contribution in [0.4, 0.5) is 0 Å². The van der Waals surface area contributed by atoms with E-state index in [1.807, 2.05) is 0 Å². The summed E-state index contributed by atoms with van der Waals surface area (Å²) in [6.07, 6.45) is 42.0. The minimum atomic E-state index is 1.19. The van der Waals surface area contributed by atoms with Gasteiger partial charge in [0.1, 0.15) is 0 Å². The van der Waals surface area contributed by atoms with Crippen LogP contribution in [0.2, 0.25) is 0 Å². The normalized spacial score (nSPS) is 11.9. The van der Waals surface area contributed by atoms with Crippen LogP contribution in [0.25, 0.3) is 0 Å². The fourth-order valence-corrected chi connectivity index (χ4v) is 4.03. The van der Waals surface area contributed by atoms with Crippen LogP contribution in [0.1, 0.15) is 162 Å². The highest BCUT2D eigenvalue weighted by molar-refractivity contribution is 4.81. The highest BCUT2D eigenvalue weighted by Crippen LogP contribution is 2.14. The van der Waals surface area contributed by atoms with Gasteiger partial charge in [0.25, 0.3) is 0 Å². The van der Waals surface area contributed by atoms with Crippen LogP contribution in [-0.2, 0) is 0 Å². The zero-order valence-electron chi connectivity index (χ0n) is 20.6. The maximum absolute atomic E-state index is 2.44. The first-order valence-corrected chi connectivity index (χ1v) is 13.7. The van der Waals surface area contributed by atoms with Gasteiger partial charge in [-0.05, 0) is 44.9 Å². The first-order valence-electron chi connectivity index (χ1n) is 13.7. The number of hydrogen-bond donors (Lipinski definition) is 0. The fourth-order valence-electron chi connectivity index (χ4n) is 4.03. The molecule has 172 valence electrons. The number of hydrogen-bond acceptors (Lipinski definition) is 0. The molecule has 29 heavy (non-hydrogen) atoms. The van der Waals surface area contributed by atoms with Gasteiger partial charge in [-0.2, -0.15) is 0 Å². The molecular formula is C29H56. The van der Waals surface area contributed by atoms with E-state index in [2.05, 4.69) is 38.2 Å². The van der Waals surface area contributed by atoms with Crippen LogP contribution in [0, 0.1) is 0 Å². The standard InChI is InChI=1S/C29H56/c1-3-5-7-9-11-13-15-17-19-21-23-25-27-29-28-26-24-22-20-18-16-14-12-10-8-6-4-2/h5,7,18,20H,3-4,6,8-17,19,21-29H2,1-2H3. The van der Waals surface area contributed by atoms with Crippen molar-refractivity contribution < 1.29 is 0 Å². The third-order valence-electron chi connectivity index (χ3n) is 6.03. The number of unbranched alkanes of at least 4 members (excludes halogenated alkanes) is 20. The smallest absolute Gasteiger partial charge is 0.0351 e. The van der Waals surface area contributed by atoms with Crippen molar-refractivity contribution in [2.45, 2.75) is 162 Å². The molecule has 0 rings (SSSR count). The van der Waals surface area contributed by atoms with E-state index in [0.717, 1.165) is 0 Å². The van der Waals surface area contributed by atoms with Crippen molar-refractivity contribution in [2.24, 2.45) is 0 Å². The van der Waals surface area contributed by atoms with Gasteiger partial charge in [-0.25, -0.2) is 0 Å². The van der Waals surface area contributed by atoms with Gasteiger partial charge < -0.3 is 0 Å². The Morgan fingerprint density at radius 1 is 0.310 bits per heavy atom. The van der Waals surface area contributed by atoms with E-state index in [1.165, 1.54) is 148 Å². The molecule has 0 aromatic carbocycles. The Morgan fingerprint density at radius 3 is 0.897 bits per heavy atom. The summed E-state index contributed by atoms with van der Waals surface area (Å²) >= 11 is 0. The van der Waals surface area contributed by atoms with Gasteiger partial charge in [0, 0.05) is 0 Å². The highest BCUT2D eigenvalue weighted by Gasteiger charge is 1.94. The Kier molecular flexibility index (Phi) is 27.0. The van der Waals surface area contributed by atoms with Crippen molar-refractivity contribution in [1.29, 1.82) is 0 Å². The molecule has 0 aromatic rings. The molecular weight excluding hydrogens is 348 g/mol. The predicted octanol–water partition coefficient (Wildman–Crippen LogP) is 11.1. The van der Waals surface area contributed by atoms with Crippen molar-refractivity contribution in [1.82, 2.24) is 0 Å². The van der Waals surface area contributed by atoms with Crippen LogP contribution < -0.4 is 0 Å². The number of allylic oxidation sites excluding steroid dienone is 4. The summed E-state index contributed by atoms with van der Waals surface area (Å²) in [4.78, 5) is 0. The predicted molar refractivity (Wildman–Crippen MR) is 136 cm³/mol. The molecule has 0 unspecified atom stereocenters. The molecule has 0 N–H and O–H groups in total. The van der Waals surface area contributed by atoms with Crippen molar-refractivity contribution >= 4 is 0 Å². The summed E-state index contributed by atoms with van der Waals surface area (Å²) in [5.74, 6) is 0. The van der Waals surface area contributed by atoms with Crippen molar-refractivity contribution in [2.75, 3.05) is 0 Å². The second-order valence-corrected chi connectivity index (χ2v) is 9.08. The Labute approximate surface area is 186 Å². The molecule has 0 aromatic heterocycles. The minimum Gasteiger partial charge on any atom is -0.0888 e. The molecule has 0 aliphatic carbocycles. The van der Waals surface area contributed by atoms with Crippen molar-refractivity contribution in [3.8, 4) is 0 Å². The second-order valence-electron chi connectivity index (χ2n) is 9.08. The molecule has 0 heterocycles. The molecule has 0 nitrogen and oxygen atoms in total. The molecule has 0 aliphatic rings. The Hall–Kier alpha value is -0.520. The Balaban J connectivity index is 3.06. The summed E-state index contributed by atoms with van der Waals surface area (Å²) in [7, 11) is 0. The molecule has 0 heteroatoms. The lowest BCUT2D eigenvalue weighted by Crippen LogP contribution is -1.83. The molecule has 0 radical (unpaired) electrons. The summed E-state index contributed by atoms with van der Waals surface area (Å²) in [5.41, 5.74) is 0. The minimum absolute atomic E-state index is 1.19. The summed E-state index contributed by atoms with van der Waals surface area (Å²) in [5, 5.41) is 0. The number of rotatable bonds is 24. The third-order valence-corrected chi connectivity index (χ3v) is 6.03. The van der Waals surface area contributed by atoms with Gasteiger partial charge in [0.05, 0.1) is 0 Å². The molecule has 0 atom stereocenters. The summed E-state index contributed by atoms with van der Waals surface area (Å²) in [6, 6.07) is 0. The lowest BCUT2D eigenvalue weighted by atomic mass is 10.0. The Morgan fingerprint density at radius 2 is 0.586 bits per heavy atom. The van der Waals surface area contributed by atoms with E-state index in [4.69, 9.17) is 0 Å². The lowest BCUT2D eigenvalue weighted by Gasteiger charge is -2.03. The van der Waals surface area contributed by atoms with Crippen molar-refractivity contribution in [3.05, 3.63) is 24.3 Å². The highest BCUT2D eigenvalue weighted by atomic mass is 14.0. The fraction of sp³-hybridized carbons (Fsp3) is 0.862. The van der Waals surface area contributed by atoms with E-state index in [-0.39, 0.29) is 0 Å². The van der Waals surface area contributed by atoms with Crippen LogP contribution in [0.15, 0.2) is 24.3 Å². The van der Waals surface area contributed by atoms with Gasteiger partial charge in [0.2, 0.25) is 0 Å². The first-order chi connectivity index (χ1) is 14.4. The van der Waals surface area contributed by atoms with Gasteiger partial charge >= 0.3 is 0 Å². The first kappa shape index (κ1) is 28.5. The van der Waals surface area contributed by atoms with E-state index < -0.39 is 0 Å².